The average molecular weight is 343 g/mol. The van der Waals surface area contributed by atoms with Crippen LogP contribution < -0.4 is 5.32 Å². The predicted molar refractivity (Wildman–Crippen MR) is 93.0 cm³/mol. The number of hydrogen-bond donors (Lipinski definition) is 4. The second-order valence-corrected chi connectivity index (χ2v) is 5.96. The number of ether oxygens (including phenoxy) is 1. The summed E-state index contributed by atoms with van der Waals surface area (Å²) in [5.41, 5.74) is 2.15. The Balaban J connectivity index is 1.64. The van der Waals surface area contributed by atoms with Gasteiger partial charge in [0.05, 0.1) is 17.5 Å². The van der Waals surface area contributed by atoms with Crippen molar-refractivity contribution in [1.82, 2.24) is 0 Å². The molecule has 2 aromatic rings. The van der Waals surface area contributed by atoms with E-state index < -0.39 is 30.6 Å². The molecule has 0 aromatic heterocycles. The van der Waals surface area contributed by atoms with E-state index in [0.717, 1.165) is 5.69 Å². The van der Waals surface area contributed by atoms with Crippen molar-refractivity contribution in [1.29, 1.82) is 0 Å². The van der Waals surface area contributed by atoms with Crippen LogP contribution >= 0.6 is 0 Å². The highest BCUT2D eigenvalue weighted by atomic mass is 16.5. The van der Waals surface area contributed by atoms with Crippen LogP contribution in [0.2, 0.25) is 0 Å². The Morgan fingerprint density at radius 3 is 2.04 bits per heavy atom. The van der Waals surface area contributed by atoms with E-state index in [0.29, 0.717) is 11.4 Å². The van der Waals surface area contributed by atoms with Crippen LogP contribution in [0, 0.1) is 0 Å². The van der Waals surface area contributed by atoms with E-state index in [4.69, 9.17) is 4.74 Å². The maximum Gasteiger partial charge on any atom is 0.157 e. The van der Waals surface area contributed by atoms with E-state index in [1.54, 1.807) is 31.2 Å². The summed E-state index contributed by atoms with van der Waals surface area (Å²) in [6, 6.07) is 16.5. The second kappa shape index (κ2) is 7.71. The van der Waals surface area contributed by atoms with Gasteiger partial charge in [0.15, 0.2) is 6.23 Å². The maximum absolute atomic E-state index is 10.0. The number of nitrogens with one attached hydrogen (secondary N) is 1. The standard InChI is InChI=1S/C18H21N3O4/c1-11-15(22)16(23)17(24)18(25-11)19-12-7-9-14(10-8-12)21-20-13-5-3-2-4-6-13/h2-11,15-19,22-24H,1H3/t11-,15+,16-,17-,18+/m0/s1. The van der Waals surface area contributed by atoms with Crippen LogP contribution in [0.25, 0.3) is 0 Å². The molecular weight excluding hydrogens is 322 g/mol. The molecule has 1 fully saturated rings. The molecule has 2 aromatic carbocycles. The van der Waals surface area contributed by atoms with Gasteiger partial charge in [-0.05, 0) is 43.3 Å². The van der Waals surface area contributed by atoms with Crippen LogP contribution in [-0.4, -0.2) is 46.0 Å². The van der Waals surface area contributed by atoms with Crippen molar-refractivity contribution < 1.29 is 20.1 Å². The minimum Gasteiger partial charge on any atom is -0.388 e. The van der Waals surface area contributed by atoms with Crippen molar-refractivity contribution in [3.63, 3.8) is 0 Å². The van der Waals surface area contributed by atoms with Crippen LogP contribution in [0.4, 0.5) is 17.1 Å². The molecule has 0 aliphatic carbocycles. The third-order valence-electron chi connectivity index (χ3n) is 4.07. The van der Waals surface area contributed by atoms with E-state index in [1.165, 1.54) is 0 Å². The molecule has 0 unspecified atom stereocenters. The monoisotopic (exact) mass is 343 g/mol. The molecule has 5 atom stereocenters. The smallest absolute Gasteiger partial charge is 0.157 e. The summed E-state index contributed by atoms with van der Waals surface area (Å²) in [7, 11) is 0. The van der Waals surface area contributed by atoms with E-state index in [2.05, 4.69) is 15.5 Å². The minimum atomic E-state index is -1.26. The van der Waals surface area contributed by atoms with Crippen LogP contribution in [0.1, 0.15) is 6.92 Å². The first-order chi connectivity index (χ1) is 12.0. The maximum atomic E-state index is 10.0. The van der Waals surface area contributed by atoms with E-state index in [1.807, 2.05) is 30.3 Å². The molecule has 4 N–H and O–H groups in total. The third kappa shape index (κ3) is 4.21. The van der Waals surface area contributed by atoms with Gasteiger partial charge in [0.2, 0.25) is 0 Å². The SMILES string of the molecule is C[C@@H]1O[C@@H](Nc2ccc(N=Nc3ccccc3)cc2)[C@@H](O)[C@@H](O)[C@@H]1O. The average Bonchev–Trinajstić information content (AvgIpc) is 2.64. The van der Waals surface area contributed by atoms with E-state index in [9.17, 15) is 15.3 Å². The molecule has 0 spiro atoms. The number of aliphatic hydroxyl groups is 3. The number of benzene rings is 2. The van der Waals surface area contributed by atoms with Gasteiger partial charge in [0, 0.05) is 5.69 Å². The van der Waals surface area contributed by atoms with Crippen molar-refractivity contribution in [2.45, 2.75) is 37.6 Å². The van der Waals surface area contributed by atoms with E-state index in [-0.39, 0.29) is 0 Å². The molecule has 3 rings (SSSR count). The van der Waals surface area contributed by atoms with Crippen molar-refractivity contribution >= 4 is 17.1 Å². The zero-order valence-electron chi connectivity index (χ0n) is 13.7. The molecule has 0 amide bonds. The summed E-state index contributed by atoms with van der Waals surface area (Å²) in [6.07, 6.45) is -5.02. The van der Waals surface area contributed by atoms with Gasteiger partial charge in [-0.3, -0.25) is 0 Å². The fourth-order valence-corrected chi connectivity index (χ4v) is 2.57. The highest BCUT2D eigenvalue weighted by Crippen LogP contribution is 2.24. The molecule has 132 valence electrons. The number of hydrogen-bond acceptors (Lipinski definition) is 7. The summed E-state index contributed by atoms with van der Waals surface area (Å²) >= 11 is 0. The lowest BCUT2D eigenvalue weighted by molar-refractivity contribution is -0.209. The third-order valence-corrected chi connectivity index (χ3v) is 4.07. The van der Waals surface area contributed by atoms with Gasteiger partial charge >= 0.3 is 0 Å². The first-order valence-corrected chi connectivity index (χ1v) is 8.07. The van der Waals surface area contributed by atoms with Crippen LogP contribution in [0.5, 0.6) is 0 Å². The topological polar surface area (TPSA) is 107 Å². The lowest BCUT2D eigenvalue weighted by atomic mass is 9.99. The second-order valence-electron chi connectivity index (χ2n) is 5.96. The van der Waals surface area contributed by atoms with Gasteiger partial charge in [-0.1, -0.05) is 18.2 Å². The number of aliphatic hydroxyl groups excluding tert-OH is 3. The molecule has 1 aliphatic heterocycles. The molecular formula is C18H21N3O4. The molecule has 1 aliphatic rings. The Bertz CT molecular complexity index is 708. The van der Waals surface area contributed by atoms with Gasteiger partial charge in [-0.2, -0.15) is 10.2 Å². The fraction of sp³-hybridized carbons (Fsp3) is 0.333. The first-order valence-electron chi connectivity index (χ1n) is 8.07. The molecule has 1 heterocycles. The predicted octanol–water partition coefficient (Wildman–Crippen LogP) is 2.34. The zero-order chi connectivity index (χ0) is 17.8. The van der Waals surface area contributed by atoms with Gasteiger partial charge in [-0.25, -0.2) is 0 Å². The minimum absolute atomic E-state index is 0.588. The Morgan fingerprint density at radius 2 is 1.40 bits per heavy atom. The van der Waals surface area contributed by atoms with E-state index >= 15 is 0 Å². The van der Waals surface area contributed by atoms with Crippen LogP contribution in [0.3, 0.4) is 0 Å². The van der Waals surface area contributed by atoms with Crippen molar-refractivity contribution in [3.8, 4) is 0 Å². The van der Waals surface area contributed by atoms with Gasteiger partial charge in [0.25, 0.3) is 0 Å². The summed E-state index contributed by atoms with van der Waals surface area (Å²) in [4.78, 5) is 0. The molecule has 7 heteroatoms. The van der Waals surface area contributed by atoms with Crippen LogP contribution in [-0.2, 0) is 4.74 Å². The molecule has 1 saturated heterocycles. The van der Waals surface area contributed by atoms with Gasteiger partial charge < -0.3 is 25.4 Å². The molecule has 0 radical (unpaired) electrons. The lowest BCUT2D eigenvalue weighted by Gasteiger charge is -2.39. The molecule has 25 heavy (non-hydrogen) atoms. The summed E-state index contributed by atoms with van der Waals surface area (Å²) in [6.45, 7) is 1.64. The number of azo groups is 1. The summed E-state index contributed by atoms with van der Waals surface area (Å²) < 4.78 is 5.51. The van der Waals surface area contributed by atoms with Crippen molar-refractivity contribution in [2.24, 2.45) is 10.2 Å². The Hall–Kier alpha value is -2.32. The van der Waals surface area contributed by atoms with Crippen molar-refractivity contribution in [2.75, 3.05) is 5.32 Å². The van der Waals surface area contributed by atoms with Crippen molar-refractivity contribution in [3.05, 3.63) is 54.6 Å². The number of nitrogens with zero attached hydrogens (tertiary/aromatic N) is 2. The molecule has 7 nitrogen and oxygen atoms in total. The lowest BCUT2D eigenvalue weighted by Crippen LogP contribution is -2.58. The normalized spacial score (nSPS) is 29.7. The Kier molecular flexibility index (Phi) is 5.40. The quantitative estimate of drug-likeness (QED) is 0.638. The van der Waals surface area contributed by atoms with Gasteiger partial charge in [0.1, 0.15) is 18.3 Å². The Morgan fingerprint density at radius 1 is 0.800 bits per heavy atom. The summed E-state index contributed by atoms with van der Waals surface area (Å²) in [5, 5.41) is 40.9. The molecule has 0 saturated carbocycles. The largest absolute Gasteiger partial charge is 0.388 e. The zero-order valence-corrected chi connectivity index (χ0v) is 13.7. The van der Waals surface area contributed by atoms with Crippen LogP contribution in [0.15, 0.2) is 64.8 Å². The first kappa shape index (κ1) is 17.5. The highest BCUT2D eigenvalue weighted by molar-refractivity contribution is 5.51. The Labute approximate surface area is 145 Å². The van der Waals surface area contributed by atoms with Gasteiger partial charge in [-0.15, -0.1) is 0 Å². The number of rotatable bonds is 4. The number of anilines is 1. The molecule has 0 bridgehead atoms. The fourth-order valence-electron chi connectivity index (χ4n) is 2.57. The summed E-state index contributed by atoms with van der Waals surface area (Å²) in [5.74, 6) is 0. The highest BCUT2D eigenvalue weighted by Gasteiger charge is 2.41.